The van der Waals surface area contributed by atoms with Crippen LogP contribution in [0.4, 0.5) is 11.5 Å². The lowest BCUT2D eigenvalue weighted by Crippen LogP contribution is -2.44. The van der Waals surface area contributed by atoms with E-state index in [0.717, 1.165) is 54.2 Å². The van der Waals surface area contributed by atoms with Gasteiger partial charge in [0.25, 0.3) is 0 Å². The van der Waals surface area contributed by atoms with Gasteiger partial charge in [0.2, 0.25) is 10.0 Å². The quantitative estimate of drug-likeness (QED) is 0.518. The van der Waals surface area contributed by atoms with Crippen molar-refractivity contribution in [2.45, 2.75) is 51.3 Å². The number of hydrogen-bond donors (Lipinski definition) is 0. The molecule has 0 N–H and O–H groups in total. The zero-order chi connectivity index (χ0) is 24.0. The van der Waals surface area contributed by atoms with Crippen molar-refractivity contribution in [3.8, 4) is 11.4 Å². The minimum absolute atomic E-state index is 0.130. The maximum atomic E-state index is 13.1. The smallest absolute Gasteiger partial charge is 0.235 e. The summed E-state index contributed by atoms with van der Waals surface area (Å²) in [5, 5.41) is 4.56. The summed E-state index contributed by atoms with van der Waals surface area (Å²) >= 11 is 1.30. The monoisotopic (exact) mass is 518 g/mol. The van der Waals surface area contributed by atoms with Gasteiger partial charge in [0, 0.05) is 32.0 Å². The molecule has 0 aliphatic carbocycles. The molecule has 0 radical (unpaired) electrons. The number of anilines is 2. The maximum absolute atomic E-state index is 13.1. The average molecular weight is 519 g/mol. The average Bonchev–Trinajstić information content (AvgIpc) is 3.51. The molecule has 3 saturated heterocycles. The third kappa shape index (κ3) is 4.20. The Kier molecular flexibility index (Phi) is 6.15. The van der Waals surface area contributed by atoms with Gasteiger partial charge in [0.1, 0.15) is 17.0 Å². The Morgan fingerprint density at radius 1 is 1.14 bits per heavy atom. The zero-order valence-electron chi connectivity index (χ0n) is 19.8. The van der Waals surface area contributed by atoms with Gasteiger partial charge in [0.15, 0.2) is 6.23 Å². The molecule has 3 aromatic heterocycles. The van der Waals surface area contributed by atoms with Crippen molar-refractivity contribution >= 4 is 43.3 Å². The molecule has 3 aliphatic heterocycles. The van der Waals surface area contributed by atoms with E-state index < -0.39 is 10.0 Å². The van der Waals surface area contributed by atoms with Crippen LogP contribution in [0.25, 0.3) is 21.6 Å². The number of nitrogens with zero attached hydrogens (tertiary/aromatic N) is 6. The number of pyridine rings is 1. The van der Waals surface area contributed by atoms with Crippen LogP contribution in [0.1, 0.15) is 45.3 Å². The maximum Gasteiger partial charge on any atom is 0.235 e. The first-order valence-corrected chi connectivity index (χ1v) is 14.7. The molecule has 0 amide bonds. The van der Waals surface area contributed by atoms with Gasteiger partial charge in [-0.3, -0.25) is 4.31 Å². The molecule has 0 saturated carbocycles. The van der Waals surface area contributed by atoms with Crippen molar-refractivity contribution in [3.63, 3.8) is 0 Å². The highest BCUT2D eigenvalue weighted by molar-refractivity contribution is 7.92. The fourth-order valence-corrected chi connectivity index (χ4v) is 7.72. The molecular formula is C23H30N6O4S2. The van der Waals surface area contributed by atoms with E-state index in [1.54, 1.807) is 10.5 Å². The molecule has 6 rings (SSSR count). The van der Waals surface area contributed by atoms with Crippen LogP contribution in [-0.4, -0.2) is 72.3 Å². The number of ether oxygens (including phenoxy) is 2. The number of morpholine rings is 1. The second kappa shape index (κ2) is 9.30. The summed E-state index contributed by atoms with van der Waals surface area (Å²) in [5.74, 6) is 0.919. The Morgan fingerprint density at radius 3 is 2.86 bits per heavy atom. The van der Waals surface area contributed by atoms with Gasteiger partial charge in [-0.2, -0.15) is 9.47 Å². The molecule has 10 nitrogen and oxygen atoms in total. The summed E-state index contributed by atoms with van der Waals surface area (Å²) in [6.07, 6.45) is 6.22. The van der Waals surface area contributed by atoms with Gasteiger partial charge >= 0.3 is 0 Å². The Morgan fingerprint density at radius 2 is 2.06 bits per heavy atom. The van der Waals surface area contributed by atoms with Crippen LogP contribution in [0.3, 0.4) is 0 Å². The molecule has 3 fully saturated rings. The molecule has 1 unspecified atom stereocenters. The lowest BCUT2D eigenvalue weighted by Gasteiger charge is -2.35. The molecule has 12 heteroatoms. The molecule has 0 spiro atoms. The Labute approximate surface area is 209 Å². The molecule has 35 heavy (non-hydrogen) atoms. The van der Waals surface area contributed by atoms with Gasteiger partial charge in [-0.25, -0.2) is 18.1 Å². The number of rotatable bonds is 4. The van der Waals surface area contributed by atoms with Crippen LogP contribution in [0.2, 0.25) is 0 Å². The van der Waals surface area contributed by atoms with E-state index in [1.807, 2.05) is 16.8 Å². The van der Waals surface area contributed by atoms with Gasteiger partial charge in [-0.05, 0) is 56.6 Å². The summed E-state index contributed by atoms with van der Waals surface area (Å²) in [7, 11) is -3.40. The summed E-state index contributed by atoms with van der Waals surface area (Å²) in [6.45, 7) is 5.22. The molecular weight excluding hydrogens is 488 g/mol. The predicted octanol–water partition coefficient (Wildman–Crippen LogP) is 3.41. The van der Waals surface area contributed by atoms with Gasteiger partial charge in [0.05, 0.1) is 41.1 Å². The predicted molar refractivity (Wildman–Crippen MR) is 135 cm³/mol. The number of sulfonamides is 1. The fourth-order valence-electron chi connectivity index (χ4n) is 5.17. The molecule has 0 bridgehead atoms. The zero-order valence-corrected chi connectivity index (χ0v) is 21.4. The third-order valence-corrected chi connectivity index (χ3v) is 9.73. The van der Waals surface area contributed by atoms with Gasteiger partial charge in [-0.15, -0.1) is 0 Å². The summed E-state index contributed by atoms with van der Waals surface area (Å²) in [5.41, 5.74) is 2.94. The topological polar surface area (TPSA) is 103 Å². The summed E-state index contributed by atoms with van der Waals surface area (Å²) in [6, 6.07) is 4.00. The largest absolute Gasteiger partial charge is 0.377 e. The Hall–Kier alpha value is -2.28. The standard InChI is InChI=1S/C23H30N6O4S2/c1-16-15-32-12-10-27(16)19-14-18(28-9-3-5-13-35(28,30)31)23-22(25-19)21(26-34-23)17-7-8-24-29(17)20-6-2-4-11-33-20/h7-8,14,16,20H,2-6,9-13,15H2,1H3/t16-,20?/m1/s1. The Bertz CT molecular complexity index is 1320. The van der Waals surface area contributed by atoms with E-state index in [2.05, 4.69) is 16.9 Å². The van der Waals surface area contributed by atoms with Crippen molar-refractivity contribution < 1.29 is 17.9 Å². The van der Waals surface area contributed by atoms with Gasteiger partial charge < -0.3 is 14.4 Å². The van der Waals surface area contributed by atoms with Crippen LogP contribution < -0.4 is 9.21 Å². The highest BCUT2D eigenvalue weighted by Crippen LogP contribution is 2.41. The first-order chi connectivity index (χ1) is 17.0. The van der Waals surface area contributed by atoms with Crippen LogP contribution in [0, 0.1) is 0 Å². The first kappa shape index (κ1) is 23.1. The van der Waals surface area contributed by atoms with E-state index >= 15 is 0 Å². The van der Waals surface area contributed by atoms with E-state index in [1.165, 1.54) is 11.5 Å². The summed E-state index contributed by atoms with van der Waals surface area (Å²) < 4.78 is 46.9. The first-order valence-electron chi connectivity index (χ1n) is 12.3. The van der Waals surface area contributed by atoms with Crippen LogP contribution in [-0.2, 0) is 19.5 Å². The molecule has 3 aliphatic rings. The van der Waals surface area contributed by atoms with Crippen molar-refractivity contribution in [2.24, 2.45) is 0 Å². The SMILES string of the molecule is C[C@@H]1COCCN1c1cc(N2CCCCS2(=O)=O)c2snc(-c3ccnn3C3CCCCO3)c2n1. The van der Waals surface area contributed by atoms with E-state index in [9.17, 15) is 8.42 Å². The molecule has 3 aromatic rings. The second-order valence-electron chi connectivity index (χ2n) is 9.40. The van der Waals surface area contributed by atoms with Gasteiger partial charge in [-0.1, -0.05) is 0 Å². The number of aromatic nitrogens is 4. The van der Waals surface area contributed by atoms with Crippen LogP contribution >= 0.6 is 11.5 Å². The normalized spacial score (nSPS) is 25.3. The van der Waals surface area contributed by atoms with Crippen molar-refractivity contribution in [2.75, 3.05) is 47.9 Å². The number of hydrogen-bond acceptors (Lipinski definition) is 9. The molecule has 6 heterocycles. The highest BCUT2D eigenvalue weighted by atomic mass is 32.2. The molecule has 2 atom stereocenters. The van der Waals surface area contributed by atoms with E-state index in [4.69, 9.17) is 18.8 Å². The fraction of sp³-hybridized carbons (Fsp3) is 0.609. The lowest BCUT2D eigenvalue weighted by atomic mass is 10.1. The van der Waals surface area contributed by atoms with Crippen LogP contribution in [0.15, 0.2) is 18.3 Å². The van der Waals surface area contributed by atoms with E-state index in [-0.39, 0.29) is 18.0 Å². The Balaban J connectivity index is 1.52. The molecule has 0 aromatic carbocycles. The van der Waals surface area contributed by atoms with E-state index in [0.29, 0.717) is 43.9 Å². The van der Waals surface area contributed by atoms with Crippen molar-refractivity contribution in [3.05, 3.63) is 18.3 Å². The minimum Gasteiger partial charge on any atom is -0.377 e. The third-order valence-electron chi connectivity index (χ3n) is 7.01. The van der Waals surface area contributed by atoms with Crippen molar-refractivity contribution in [1.29, 1.82) is 0 Å². The summed E-state index contributed by atoms with van der Waals surface area (Å²) in [4.78, 5) is 7.27. The second-order valence-corrected chi connectivity index (χ2v) is 12.2. The van der Waals surface area contributed by atoms with Crippen LogP contribution in [0.5, 0.6) is 0 Å². The molecule has 188 valence electrons. The minimum atomic E-state index is -3.40. The highest BCUT2D eigenvalue weighted by Gasteiger charge is 2.32. The number of fused-ring (bicyclic) bond motifs is 1. The van der Waals surface area contributed by atoms with Crippen molar-refractivity contribution in [1.82, 2.24) is 19.1 Å². The lowest BCUT2D eigenvalue weighted by molar-refractivity contribution is -0.0383.